The number of sulfonamides is 1. The van der Waals surface area contributed by atoms with Crippen molar-refractivity contribution in [3.8, 4) is 0 Å². The van der Waals surface area contributed by atoms with E-state index in [0.717, 1.165) is 11.9 Å². The first-order valence-corrected chi connectivity index (χ1v) is 8.84. The van der Waals surface area contributed by atoms with Crippen molar-refractivity contribution < 1.29 is 16.8 Å². The summed E-state index contributed by atoms with van der Waals surface area (Å²) in [4.78, 5) is 0.248. The molecule has 0 saturated heterocycles. The molecule has 0 spiro atoms. The summed E-state index contributed by atoms with van der Waals surface area (Å²) in [5, 5.41) is 7.84. The van der Waals surface area contributed by atoms with Crippen molar-refractivity contribution in [1.29, 1.82) is 0 Å². The van der Waals surface area contributed by atoms with Crippen LogP contribution in [0.5, 0.6) is 0 Å². The highest BCUT2D eigenvalue weighted by Gasteiger charge is 2.06. The van der Waals surface area contributed by atoms with E-state index in [2.05, 4.69) is 5.32 Å². The normalized spacial score (nSPS) is 12.3. The zero-order valence-electron chi connectivity index (χ0n) is 9.96. The SMILES string of the molecule is CS(=O)(=O)c1ccc(NCCCS(N)(=O)=O)cc1. The van der Waals surface area contributed by atoms with E-state index in [-0.39, 0.29) is 10.6 Å². The van der Waals surface area contributed by atoms with E-state index in [0.29, 0.717) is 13.0 Å². The Kier molecular flexibility index (Phi) is 4.71. The van der Waals surface area contributed by atoms with E-state index in [1.54, 1.807) is 12.1 Å². The van der Waals surface area contributed by atoms with E-state index in [1.165, 1.54) is 12.1 Å². The molecule has 0 aromatic heterocycles. The molecule has 1 aromatic rings. The fraction of sp³-hybridized carbons (Fsp3) is 0.400. The van der Waals surface area contributed by atoms with Crippen molar-refractivity contribution in [3.05, 3.63) is 24.3 Å². The van der Waals surface area contributed by atoms with Crippen LogP contribution in [-0.4, -0.2) is 35.4 Å². The van der Waals surface area contributed by atoms with Crippen molar-refractivity contribution in [2.24, 2.45) is 5.14 Å². The van der Waals surface area contributed by atoms with Gasteiger partial charge in [0.05, 0.1) is 10.6 Å². The monoisotopic (exact) mass is 292 g/mol. The minimum atomic E-state index is -3.42. The Morgan fingerprint density at radius 2 is 1.67 bits per heavy atom. The Balaban J connectivity index is 2.50. The average molecular weight is 292 g/mol. The fourth-order valence-corrected chi connectivity index (χ4v) is 2.50. The molecule has 0 aliphatic carbocycles. The predicted octanol–water partition coefficient (Wildman–Crippen LogP) is 0.181. The Bertz CT molecular complexity index is 591. The summed E-state index contributed by atoms with van der Waals surface area (Å²) in [7, 11) is -6.61. The summed E-state index contributed by atoms with van der Waals surface area (Å²) < 4.78 is 43.8. The second-order valence-electron chi connectivity index (χ2n) is 3.94. The molecular weight excluding hydrogens is 276 g/mol. The van der Waals surface area contributed by atoms with Crippen LogP contribution in [0.25, 0.3) is 0 Å². The average Bonchev–Trinajstić information content (AvgIpc) is 2.22. The molecule has 1 aromatic carbocycles. The van der Waals surface area contributed by atoms with Crippen molar-refractivity contribution in [3.63, 3.8) is 0 Å². The van der Waals surface area contributed by atoms with Crippen LogP contribution in [0.2, 0.25) is 0 Å². The molecule has 0 amide bonds. The van der Waals surface area contributed by atoms with Gasteiger partial charge in [-0.1, -0.05) is 0 Å². The zero-order valence-corrected chi connectivity index (χ0v) is 11.6. The van der Waals surface area contributed by atoms with Crippen LogP contribution >= 0.6 is 0 Å². The number of sulfone groups is 1. The number of benzene rings is 1. The molecule has 18 heavy (non-hydrogen) atoms. The summed E-state index contributed by atoms with van der Waals surface area (Å²) in [5.41, 5.74) is 0.733. The summed E-state index contributed by atoms with van der Waals surface area (Å²) >= 11 is 0. The molecule has 0 saturated carbocycles. The summed E-state index contributed by atoms with van der Waals surface area (Å²) in [6, 6.07) is 6.26. The van der Waals surface area contributed by atoms with Gasteiger partial charge in [-0.05, 0) is 30.7 Å². The molecule has 0 heterocycles. The molecule has 3 N–H and O–H groups in total. The molecule has 0 aliphatic rings. The van der Waals surface area contributed by atoms with Gasteiger partial charge in [0.25, 0.3) is 0 Å². The van der Waals surface area contributed by atoms with Crippen LogP contribution in [0, 0.1) is 0 Å². The number of rotatable bonds is 6. The second kappa shape index (κ2) is 5.68. The van der Waals surface area contributed by atoms with Crippen LogP contribution in [0.3, 0.4) is 0 Å². The Labute approximate surface area is 107 Å². The van der Waals surface area contributed by atoms with Crippen molar-refractivity contribution in [2.75, 3.05) is 23.9 Å². The number of nitrogens with two attached hydrogens (primary N) is 1. The third-order valence-corrected chi connectivity index (χ3v) is 4.20. The first-order valence-electron chi connectivity index (χ1n) is 5.23. The maximum atomic E-state index is 11.2. The highest BCUT2D eigenvalue weighted by atomic mass is 32.2. The third-order valence-electron chi connectivity index (χ3n) is 2.22. The Morgan fingerprint density at radius 3 is 2.11 bits per heavy atom. The van der Waals surface area contributed by atoms with E-state index < -0.39 is 19.9 Å². The number of anilines is 1. The number of nitrogens with one attached hydrogen (secondary N) is 1. The van der Waals surface area contributed by atoms with Crippen LogP contribution in [0.4, 0.5) is 5.69 Å². The van der Waals surface area contributed by atoms with E-state index in [1.807, 2.05) is 0 Å². The molecule has 0 atom stereocenters. The van der Waals surface area contributed by atoms with E-state index in [9.17, 15) is 16.8 Å². The summed E-state index contributed by atoms with van der Waals surface area (Å²) in [6.07, 6.45) is 1.54. The third kappa shape index (κ3) is 5.48. The smallest absolute Gasteiger partial charge is 0.209 e. The maximum Gasteiger partial charge on any atom is 0.209 e. The standard InChI is InChI=1S/C10H16N2O4S2/c1-17(13,14)10-5-3-9(4-6-10)12-7-2-8-18(11,15)16/h3-6,12H,2,7-8H2,1H3,(H2,11,15,16). The molecular formula is C10H16N2O4S2. The molecule has 0 aliphatic heterocycles. The molecule has 6 nitrogen and oxygen atoms in total. The van der Waals surface area contributed by atoms with Gasteiger partial charge in [0.15, 0.2) is 9.84 Å². The lowest BCUT2D eigenvalue weighted by atomic mass is 10.3. The Morgan fingerprint density at radius 1 is 1.11 bits per heavy atom. The van der Waals surface area contributed by atoms with Gasteiger partial charge in [-0.15, -0.1) is 0 Å². The quantitative estimate of drug-likeness (QED) is 0.727. The van der Waals surface area contributed by atoms with Gasteiger partial charge in [-0.3, -0.25) is 0 Å². The largest absolute Gasteiger partial charge is 0.385 e. The van der Waals surface area contributed by atoms with Gasteiger partial charge >= 0.3 is 0 Å². The highest BCUT2D eigenvalue weighted by molar-refractivity contribution is 7.90. The zero-order chi connectivity index (χ0) is 13.8. The summed E-state index contributed by atoms with van der Waals surface area (Å²) in [6.45, 7) is 0.453. The minimum absolute atomic E-state index is 0.0819. The molecule has 8 heteroatoms. The lowest BCUT2D eigenvalue weighted by molar-refractivity contribution is 0.595. The molecule has 102 valence electrons. The minimum Gasteiger partial charge on any atom is -0.385 e. The van der Waals surface area contributed by atoms with Crippen LogP contribution in [0.1, 0.15) is 6.42 Å². The first kappa shape index (κ1) is 14.9. The maximum absolute atomic E-state index is 11.2. The number of hydrogen-bond acceptors (Lipinski definition) is 5. The van der Waals surface area contributed by atoms with E-state index >= 15 is 0 Å². The predicted molar refractivity (Wildman–Crippen MR) is 70.6 cm³/mol. The second-order valence-corrected chi connectivity index (χ2v) is 7.69. The molecule has 0 bridgehead atoms. The first-order chi connectivity index (χ1) is 8.18. The van der Waals surface area contributed by atoms with Gasteiger partial charge in [0, 0.05) is 18.5 Å². The molecule has 0 fully saturated rings. The van der Waals surface area contributed by atoms with Gasteiger partial charge in [0.1, 0.15) is 0 Å². The van der Waals surface area contributed by atoms with Crippen LogP contribution in [0.15, 0.2) is 29.2 Å². The molecule has 1 rings (SSSR count). The highest BCUT2D eigenvalue weighted by Crippen LogP contribution is 2.13. The Hall–Kier alpha value is -1.12. The van der Waals surface area contributed by atoms with Crippen molar-refractivity contribution in [2.45, 2.75) is 11.3 Å². The topological polar surface area (TPSA) is 106 Å². The molecule has 0 unspecified atom stereocenters. The van der Waals surface area contributed by atoms with Gasteiger partial charge < -0.3 is 5.32 Å². The number of hydrogen-bond donors (Lipinski definition) is 2. The number of primary sulfonamides is 1. The van der Waals surface area contributed by atoms with Gasteiger partial charge in [-0.25, -0.2) is 22.0 Å². The van der Waals surface area contributed by atoms with Gasteiger partial charge in [-0.2, -0.15) is 0 Å². The van der Waals surface area contributed by atoms with Crippen molar-refractivity contribution in [1.82, 2.24) is 0 Å². The lowest BCUT2D eigenvalue weighted by Gasteiger charge is -2.06. The van der Waals surface area contributed by atoms with Gasteiger partial charge in [0.2, 0.25) is 10.0 Å². The molecule has 0 radical (unpaired) electrons. The fourth-order valence-electron chi connectivity index (χ4n) is 1.33. The van der Waals surface area contributed by atoms with Crippen LogP contribution < -0.4 is 10.5 Å². The summed E-state index contributed by atoms with van der Waals surface area (Å²) in [5.74, 6) is -0.0819. The van der Waals surface area contributed by atoms with E-state index in [4.69, 9.17) is 5.14 Å². The van der Waals surface area contributed by atoms with Crippen molar-refractivity contribution >= 4 is 25.5 Å². The van der Waals surface area contributed by atoms with Crippen LogP contribution in [-0.2, 0) is 19.9 Å². The lowest BCUT2D eigenvalue weighted by Crippen LogP contribution is -2.18.